The molecule has 0 radical (unpaired) electrons. The lowest BCUT2D eigenvalue weighted by Crippen LogP contribution is -2.37. The van der Waals surface area contributed by atoms with E-state index in [4.69, 9.17) is 5.11 Å². The van der Waals surface area contributed by atoms with Crippen LogP contribution in [0, 0.1) is 6.92 Å². The van der Waals surface area contributed by atoms with Gasteiger partial charge in [-0.05, 0) is 87.4 Å². The van der Waals surface area contributed by atoms with E-state index in [-0.39, 0.29) is 30.8 Å². The number of carbonyl (C=O) groups excluding carboxylic acids is 1. The molecule has 326 valence electrons. The molecule has 2 aromatic carbocycles. The molecule has 0 spiro atoms. The van der Waals surface area contributed by atoms with Crippen molar-refractivity contribution in [3.8, 4) is 0 Å². The lowest BCUT2D eigenvalue weighted by atomic mass is 9.81. The van der Waals surface area contributed by atoms with Crippen molar-refractivity contribution < 1.29 is 58.2 Å². The Kier molecular flexibility index (Phi) is 13.7. The van der Waals surface area contributed by atoms with Gasteiger partial charge in [0.2, 0.25) is 11.6 Å². The number of aliphatic carboxylic acids is 1. The summed E-state index contributed by atoms with van der Waals surface area (Å²) in [5.74, 6) is -2.66. The van der Waals surface area contributed by atoms with E-state index in [1.54, 1.807) is 6.07 Å². The molecule has 0 saturated heterocycles. The van der Waals surface area contributed by atoms with Gasteiger partial charge in [0.15, 0.2) is 5.71 Å². The highest BCUT2D eigenvalue weighted by molar-refractivity contribution is 7.86. The number of benzene rings is 2. The Hall–Kier alpha value is -4.66. The van der Waals surface area contributed by atoms with Gasteiger partial charge in [-0.1, -0.05) is 43.7 Å². The van der Waals surface area contributed by atoms with Crippen molar-refractivity contribution in [1.29, 1.82) is 0 Å². The first kappa shape index (κ1) is 46.4. The van der Waals surface area contributed by atoms with Gasteiger partial charge in [-0.2, -0.15) is 29.8 Å². The fourth-order valence-corrected chi connectivity index (χ4v) is 9.64. The lowest BCUT2D eigenvalue weighted by Gasteiger charge is -2.27. The summed E-state index contributed by atoms with van der Waals surface area (Å²) < 4.78 is 101. The molecule has 0 aromatic heterocycles. The molecule has 5 rings (SSSR count). The minimum Gasteiger partial charge on any atom is -0.480 e. The van der Waals surface area contributed by atoms with Crippen molar-refractivity contribution in [3.05, 3.63) is 99.9 Å². The van der Waals surface area contributed by atoms with E-state index in [9.17, 15) is 48.5 Å². The van der Waals surface area contributed by atoms with Crippen molar-refractivity contribution >= 4 is 59.3 Å². The van der Waals surface area contributed by atoms with Crippen molar-refractivity contribution in [2.75, 3.05) is 42.6 Å². The number of allylic oxidation sites excluding steroid dienone is 7. The van der Waals surface area contributed by atoms with Crippen molar-refractivity contribution in [1.82, 2.24) is 10.6 Å². The summed E-state index contributed by atoms with van der Waals surface area (Å²) in [6.07, 6.45) is 9.75. The number of hydrogen-bond donors (Lipinski definition) is 6. The van der Waals surface area contributed by atoms with Gasteiger partial charge in [-0.15, -0.1) is 0 Å². The van der Waals surface area contributed by atoms with E-state index in [2.05, 4.69) is 35.4 Å². The Morgan fingerprint density at radius 2 is 1.52 bits per heavy atom. The second kappa shape index (κ2) is 17.7. The number of hydrogen-bond acceptors (Lipinski definition) is 10. The van der Waals surface area contributed by atoms with Crippen LogP contribution in [0.4, 0.5) is 11.4 Å². The van der Waals surface area contributed by atoms with E-state index < -0.39 is 71.1 Å². The van der Waals surface area contributed by atoms with Crippen LogP contribution in [0.25, 0.3) is 0 Å². The van der Waals surface area contributed by atoms with Crippen LogP contribution in [0.2, 0.25) is 0 Å². The fourth-order valence-electron chi connectivity index (χ4n) is 8.15. The molecule has 60 heavy (non-hydrogen) atoms. The largest absolute Gasteiger partial charge is 0.480 e. The lowest BCUT2D eigenvalue weighted by molar-refractivity contribution is -0.437. The summed E-state index contributed by atoms with van der Waals surface area (Å²) in [4.78, 5) is 25.7. The van der Waals surface area contributed by atoms with Crippen LogP contribution in [-0.4, -0.2) is 104 Å². The maximum atomic E-state index is 12.8. The average Bonchev–Trinajstić information content (AvgIpc) is 3.47. The molecule has 0 atom stereocenters. The third-order valence-corrected chi connectivity index (χ3v) is 13.5. The predicted molar refractivity (Wildman–Crippen MR) is 228 cm³/mol. The van der Waals surface area contributed by atoms with Crippen molar-refractivity contribution in [2.24, 2.45) is 0 Å². The topological polar surface area (TPSA) is 248 Å². The van der Waals surface area contributed by atoms with Crippen LogP contribution >= 0.6 is 0 Å². The van der Waals surface area contributed by atoms with Gasteiger partial charge in [0.25, 0.3) is 30.4 Å². The van der Waals surface area contributed by atoms with Gasteiger partial charge < -0.3 is 20.6 Å². The van der Waals surface area contributed by atoms with Gasteiger partial charge in [0.05, 0.1) is 28.4 Å². The number of rotatable bonds is 17. The number of nitrogens with zero attached hydrogens (tertiary/aromatic N) is 2. The molecule has 1 aliphatic carbocycles. The number of carboxylic acids is 1. The van der Waals surface area contributed by atoms with E-state index in [1.807, 2.05) is 61.8 Å². The predicted octanol–water partition coefficient (Wildman–Crippen LogP) is 4.57. The van der Waals surface area contributed by atoms with Crippen LogP contribution in [0.3, 0.4) is 0 Å². The first-order chi connectivity index (χ1) is 27.8. The molecule has 0 unspecified atom stereocenters. The van der Waals surface area contributed by atoms with E-state index in [0.717, 1.165) is 33.7 Å². The zero-order chi connectivity index (χ0) is 44.4. The summed E-state index contributed by atoms with van der Waals surface area (Å²) in [5, 5.41) is 14.7. The van der Waals surface area contributed by atoms with Gasteiger partial charge in [-0.25, -0.2) is 0 Å². The monoisotopic (exact) mass is 889 g/mol. The first-order valence-corrected chi connectivity index (χ1v) is 24.1. The minimum atomic E-state index is -4.55. The Labute approximate surface area is 351 Å². The van der Waals surface area contributed by atoms with Gasteiger partial charge in [0, 0.05) is 53.2 Å². The van der Waals surface area contributed by atoms with E-state index >= 15 is 0 Å². The van der Waals surface area contributed by atoms with Crippen molar-refractivity contribution in [3.63, 3.8) is 0 Å². The normalized spacial score (nSPS) is 19.0. The molecule has 0 saturated carbocycles. The molecule has 16 nitrogen and oxygen atoms in total. The van der Waals surface area contributed by atoms with Crippen LogP contribution in [0.1, 0.15) is 76.5 Å². The van der Waals surface area contributed by atoms with Gasteiger partial charge >= 0.3 is 5.97 Å². The van der Waals surface area contributed by atoms with Crippen LogP contribution < -0.4 is 15.5 Å². The van der Waals surface area contributed by atoms with Crippen LogP contribution in [0.15, 0.2) is 88.1 Å². The standard InChI is InChI=1S/C41H52N4O12S3/c1-27-11-15-33-31(23-27)40(2,3)35(44(33)19-7-21-58(49,50)51)17-12-28-9-6-10-29(39(28)43-25-37(46)42-26-38(47)48)13-18-36-41(4,5)32-24-30(60(55,56)57)14-16-34(32)45(36)20-8-22-59(52,53)54/h11-18,23-24H,6-10,19-22,25-26H2,1-5H3,(H5,42,46,47,48,49,50,51,52,53,54,55,56,57)/p+1/b28-12+,35-17-. The van der Waals surface area contributed by atoms with Crippen LogP contribution in [-0.2, 0) is 50.8 Å². The second-order valence-corrected chi connectivity index (χ2v) is 20.8. The molecule has 3 aliphatic rings. The quantitative estimate of drug-likeness (QED) is 0.0942. The second-order valence-electron chi connectivity index (χ2n) is 16.2. The van der Waals surface area contributed by atoms with Crippen molar-refractivity contribution in [2.45, 2.75) is 82.4 Å². The minimum absolute atomic E-state index is 0.0425. The third kappa shape index (κ3) is 11.0. The van der Waals surface area contributed by atoms with E-state index in [1.165, 1.54) is 12.1 Å². The number of amides is 1. The molecule has 19 heteroatoms. The van der Waals surface area contributed by atoms with Gasteiger partial charge in [-0.3, -0.25) is 23.2 Å². The number of carbonyl (C=O) groups is 2. The Balaban J connectivity index is 1.62. The fraction of sp³-hybridized carbons (Fsp3) is 0.439. The smallest absolute Gasteiger partial charge is 0.322 e. The molecule has 2 aromatic rings. The molecule has 6 N–H and O–H groups in total. The zero-order valence-electron chi connectivity index (χ0n) is 34.2. The SMILES string of the molecule is Cc1ccc2c(c1)C(C)(C)/C(=C/C=C1\CCCC(/C=C/C3=[N+](CCCS(=O)(=O)O)c4ccc(S(=O)(=O)O)cc4C3(C)C)=C1NCC(=O)NCC(=O)O)N2CCCS(=O)(=O)O. The number of nitrogens with one attached hydrogen (secondary N) is 2. The summed E-state index contributed by atoms with van der Waals surface area (Å²) in [6, 6.07) is 10.3. The Morgan fingerprint density at radius 1 is 0.833 bits per heavy atom. The highest BCUT2D eigenvalue weighted by Crippen LogP contribution is 2.48. The highest BCUT2D eigenvalue weighted by Gasteiger charge is 2.45. The molecule has 2 heterocycles. The summed E-state index contributed by atoms with van der Waals surface area (Å²) in [6.45, 7) is 9.53. The number of aryl methyl sites for hydroxylation is 1. The maximum absolute atomic E-state index is 12.8. The average molecular weight is 890 g/mol. The first-order valence-electron chi connectivity index (χ1n) is 19.4. The number of fused-ring (bicyclic) bond motifs is 2. The zero-order valence-corrected chi connectivity index (χ0v) is 36.7. The molecule has 0 fully saturated rings. The molecule has 0 bridgehead atoms. The number of anilines is 1. The summed E-state index contributed by atoms with van der Waals surface area (Å²) in [5.41, 5.74) is 6.65. The summed E-state index contributed by atoms with van der Waals surface area (Å²) >= 11 is 0. The highest BCUT2D eigenvalue weighted by atomic mass is 32.2. The van der Waals surface area contributed by atoms with E-state index in [0.29, 0.717) is 48.5 Å². The molecular weight excluding hydrogens is 837 g/mol. The number of carboxylic acid groups (broad SMARTS) is 1. The Morgan fingerprint density at radius 3 is 2.17 bits per heavy atom. The van der Waals surface area contributed by atoms with Crippen LogP contribution in [0.5, 0.6) is 0 Å². The Bertz CT molecular complexity index is 2570. The third-order valence-electron chi connectivity index (χ3n) is 11.1. The molecule has 1 amide bonds. The summed E-state index contributed by atoms with van der Waals surface area (Å²) in [7, 11) is -13.0. The molecule has 2 aliphatic heterocycles. The maximum Gasteiger partial charge on any atom is 0.322 e. The molecular formula is C41H53N4O12S3+. The van der Waals surface area contributed by atoms with Gasteiger partial charge in [0.1, 0.15) is 13.1 Å².